The molecular formula is C23H19F3N2O4. The smallest absolute Gasteiger partial charge is 0.416 e. The van der Waals surface area contributed by atoms with E-state index in [-0.39, 0.29) is 29.4 Å². The maximum absolute atomic E-state index is 13.2. The Kier molecular flexibility index (Phi) is 5.73. The molecule has 0 bridgehead atoms. The van der Waals surface area contributed by atoms with Gasteiger partial charge in [-0.15, -0.1) is 0 Å². The van der Waals surface area contributed by atoms with Gasteiger partial charge in [-0.25, -0.2) is 0 Å². The fourth-order valence-electron chi connectivity index (χ4n) is 3.73. The molecule has 1 aliphatic rings. The number of hydrogen-bond donors (Lipinski definition) is 1. The highest BCUT2D eigenvalue weighted by Crippen LogP contribution is 2.31. The highest BCUT2D eigenvalue weighted by molar-refractivity contribution is 5.93. The van der Waals surface area contributed by atoms with E-state index in [0.29, 0.717) is 24.8 Å². The van der Waals surface area contributed by atoms with Gasteiger partial charge in [-0.05, 0) is 36.2 Å². The van der Waals surface area contributed by atoms with Gasteiger partial charge in [-0.2, -0.15) is 13.2 Å². The van der Waals surface area contributed by atoms with Crippen molar-refractivity contribution in [2.75, 3.05) is 13.1 Å². The summed E-state index contributed by atoms with van der Waals surface area (Å²) in [5, 5.41) is 2.94. The minimum atomic E-state index is -4.56. The monoisotopic (exact) mass is 444 g/mol. The summed E-state index contributed by atoms with van der Waals surface area (Å²) >= 11 is 0. The third-order valence-electron chi connectivity index (χ3n) is 5.35. The Morgan fingerprint density at radius 1 is 1.09 bits per heavy atom. The van der Waals surface area contributed by atoms with Crippen LogP contribution in [0.25, 0.3) is 11.0 Å². The fourth-order valence-corrected chi connectivity index (χ4v) is 3.73. The van der Waals surface area contributed by atoms with Crippen molar-refractivity contribution in [3.8, 4) is 0 Å². The molecule has 2 aromatic carbocycles. The molecule has 0 unspecified atom stereocenters. The first kappa shape index (κ1) is 21.6. The number of carbonyl (C=O) groups is 2. The number of nitrogens with zero attached hydrogens (tertiary/aromatic N) is 1. The van der Waals surface area contributed by atoms with Gasteiger partial charge in [0.2, 0.25) is 5.91 Å². The quantitative estimate of drug-likeness (QED) is 0.647. The van der Waals surface area contributed by atoms with Crippen LogP contribution in [0.5, 0.6) is 0 Å². The molecule has 1 atom stereocenters. The third kappa shape index (κ3) is 4.51. The van der Waals surface area contributed by atoms with Crippen LogP contribution in [0.2, 0.25) is 0 Å². The maximum atomic E-state index is 13.2. The van der Waals surface area contributed by atoms with Crippen molar-refractivity contribution in [2.24, 2.45) is 0 Å². The Bertz CT molecular complexity index is 1240. The fraction of sp³-hybridized carbons (Fsp3) is 0.261. The van der Waals surface area contributed by atoms with Crippen LogP contribution in [0.15, 0.2) is 63.8 Å². The second kappa shape index (κ2) is 8.49. The van der Waals surface area contributed by atoms with E-state index in [1.54, 1.807) is 24.3 Å². The van der Waals surface area contributed by atoms with Gasteiger partial charge in [-0.3, -0.25) is 14.4 Å². The van der Waals surface area contributed by atoms with Gasteiger partial charge in [-0.1, -0.05) is 24.3 Å². The molecule has 1 fully saturated rings. The van der Waals surface area contributed by atoms with Crippen molar-refractivity contribution in [2.45, 2.75) is 25.1 Å². The van der Waals surface area contributed by atoms with Crippen LogP contribution in [-0.4, -0.2) is 29.8 Å². The summed E-state index contributed by atoms with van der Waals surface area (Å²) in [6.45, 7) is 0.457. The average Bonchev–Trinajstić information content (AvgIpc) is 3.17. The van der Waals surface area contributed by atoms with E-state index >= 15 is 0 Å². The van der Waals surface area contributed by atoms with Crippen molar-refractivity contribution < 1.29 is 27.2 Å². The molecular weight excluding hydrogens is 425 g/mol. The first-order valence-corrected chi connectivity index (χ1v) is 10.0. The molecule has 1 saturated heterocycles. The van der Waals surface area contributed by atoms with Crippen LogP contribution < -0.4 is 10.7 Å². The highest BCUT2D eigenvalue weighted by atomic mass is 19.4. The van der Waals surface area contributed by atoms with Gasteiger partial charge in [0.1, 0.15) is 5.58 Å². The Labute approximate surface area is 180 Å². The lowest BCUT2D eigenvalue weighted by Crippen LogP contribution is -2.39. The van der Waals surface area contributed by atoms with Crippen LogP contribution >= 0.6 is 0 Å². The molecule has 32 heavy (non-hydrogen) atoms. The van der Waals surface area contributed by atoms with Crippen molar-refractivity contribution >= 4 is 22.8 Å². The first-order chi connectivity index (χ1) is 15.2. The predicted octanol–water partition coefficient (Wildman–Crippen LogP) is 3.91. The van der Waals surface area contributed by atoms with Gasteiger partial charge in [0, 0.05) is 25.6 Å². The van der Waals surface area contributed by atoms with Crippen LogP contribution in [0.3, 0.4) is 0 Å². The van der Waals surface area contributed by atoms with E-state index in [4.69, 9.17) is 4.42 Å². The number of rotatable bonds is 5. The molecule has 1 aromatic heterocycles. The van der Waals surface area contributed by atoms with Crippen molar-refractivity contribution in [1.82, 2.24) is 10.2 Å². The average molecular weight is 444 g/mol. The molecule has 6 nitrogen and oxygen atoms in total. The van der Waals surface area contributed by atoms with Gasteiger partial charge >= 0.3 is 6.18 Å². The van der Waals surface area contributed by atoms with E-state index in [2.05, 4.69) is 5.32 Å². The predicted molar refractivity (Wildman–Crippen MR) is 110 cm³/mol. The zero-order chi connectivity index (χ0) is 22.9. The molecule has 4 rings (SSSR count). The summed E-state index contributed by atoms with van der Waals surface area (Å²) in [4.78, 5) is 38.8. The Morgan fingerprint density at radius 2 is 1.88 bits per heavy atom. The molecule has 9 heteroatoms. The lowest BCUT2D eigenvalue weighted by Gasteiger charge is -2.25. The maximum Gasteiger partial charge on any atom is 0.416 e. The molecule has 1 N–H and O–H groups in total. The summed E-state index contributed by atoms with van der Waals surface area (Å²) < 4.78 is 45.2. The van der Waals surface area contributed by atoms with E-state index in [0.717, 1.165) is 18.2 Å². The van der Waals surface area contributed by atoms with E-state index in [1.807, 2.05) is 0 Å². The lowest BCUT2D eigenvalue weighted by molar-refractivity contribution is -0.137. The number of hydrogen-bond acceptors (Lipinski definition) is 4. The number of amides is 2. The number of carbonyl (C=O) groups excluding carboxylic acids is 2. The van der Waals surface area contributed by atoms with Crippen LogP contribution in [0.1, 0.15) is 40.6 Å². The number of alkyl halides is 3. The van der Waals surface area contributed by atoms with Crippen molar-refractivity contribution in [3.63, 3.8) is 0 Å². The second-order valence-corrected chi connectivity index (χ2v) is 7.56. The minimum absolute atomic E-state index is 0.00367. The molecule has 2 amide bonds. The Balaban J connectivity index is 1.67. The lowest BCUT2D eigenvalue weighted by atomic mass is 10.0. The topological polar surface area (TPSA) is 79.6 Å². The minimum Gasteiger partial charge on any atom is -0.451 e. The van der Waals surface area contributed by atoms with Crippen LogP contribution in [-0.2, 0) is 11.0 Å². The first-order valence-electron chi connectivity index (χ1n) is 10.0. The molecule has 0 spiro atoms. The van der Waals surface area contributed by atoms with Crippen LogP contribution in [0, 0.1) is 0 Å². The molecule has 0 aliphatic carbocycles. The summed E-state index contributed by atoms with van der Waals surface area (Å²) in [5.74, 6) is -1.16. The van der Waals surface area contributed by atoms with E-state index in [9.17, 15) is 27.6 Å². The summed E-state index contributed by atoms with van der Waals surface area (Å²) in [6.07, 6.45) is -3.57. The largest absolute Gasteiger partial charge is 0.451 e. The van der Waals surface area contributed by atoms with Crippen LogP contribution in [0.4, 0.5) is 13.2 Å². The molecule has 0 saturated carbocycles. The van der Waals surface area contributed by atoms with Gasteiger partial charge < -0.3 is 14.6 Å². The summed E-state index contributed by atoms with van der Waals surface area (Å²) in [7, 11) is 0. The summed E-state index contributed by atoms with van der Waals surface area (Å²) in [6, 6.07) is 11.1. The van der Waals surface area contributed by atoms with Crippen molar-refractivity contribution in [3.05, 3.63) is 81.7 Å². The van der Waals surface area contributed by atoms with Gasteiger partial charge in [0.25, 0.3) is 5.91 Å². The summed E-state index contributed by atoms with van der Waals surface area (Å²) in [5.41, 5.74) is -0.868. The highest BCUT2D eigenvalue weighted by Gasteiger charge is 2.32. The second-order valence-electron chi connectivity index (χ2n) is 7.56. The molecule has 0 radical (unpaired) electrons. The zero-order valence-electron chi connectivity index (χ0n) is 16.8. The number of para-hydroxylation sites is 1. The SMILES string of the molecule is O=C(N[C@@H](CN1CCCC1=O)c1cccc(C(F)(F)F)c1)c1cc(=O)c2ccccc2o1. The third-order valence-corrected chi connectivity index (χ3v) is 5.35. The number of benzene rings is 2. The number of halogens is 3. The normalized spacial score (nSPS) is 15.2. The molecule has 2 heterocycles. The number of fused-ring (bicyclic) bond motifs is 1. The molecule has 3 aromatic rings. The van der Waals surface area contributed by atoms with Crippen molar-refractivity contribution in [1.29, 1.82) is 0 Å². The Morgan fingerprint density at radius 3 is 2.59 bits per heavy atom. The Hall–Kier alpha value is -3.62. The van der Waals surface area contributed by atoms with Gasteiger partial charge in [0.15, 0.2) is 11.2 Å². The van der Waals surface area contributed by atoms with Gasteiger partial charge in [0.05, 0.1) is 17.0 Å². The molecule has 1 aliphatic heterocycles. The number of nitrogens with one attached hydrogen (secondary N) is 1. The molecule has 166 valence electrons. The standard InChI is InChI=1S/C23H19F3N2O4/c24-23(25,26)15-6-3-5-14(11-15)17(13-28-10-4-9-21(28)30)27-22(31)20-12-18(29)16-7-1-2-8-19(16)32-20/h1-3,5-8,11-12,17H,4,9-10,13H2,(H,27,31)/t17-/m0/s1. The van der Waals surface area contributed by atoms with E-state index in [1.165, 1.54) is 17.0 Å². The van der Waals surface area contributed by atoms with E-state index < -0.39 is 29.1 Å². The zero-order valence-corrected chi connectivity index (χ0v) is 16.8. The number of likely N-dealkylation sites (tertiary alicyclic amines) is 1.